The van der Waals surface area contributed by atoms with E-state index in [1.165, 1.54) is 36.2 Å². The number of fused-ring (bicyclic) bond motifs is 5. The van der Waals surface area contributed by atoms with E-state index in [-0.39, 0.29) is 55.5 Å². The number of halogens is 1. The summed E-state index contributed by atoms with van der Waals surface area (Å²) in [7, 11) is 0. The highest BCUT2D eigenvalue weighted by Gasteiger charge is 2.45. The maximum Gasteiger partial charge on any atom is 0.343 e. The van der Waals surface area contributed by atoms with Crippen LogP contribution in [0.2, 0.25) is 0 Å². The number of cyclic esters (lactones) is 1. The van der Waals surface area contributed by atoms with E-state index >= 15 is 0 Å². The summed E-state index contributed by atoms with van der Waals surface area (Å²) in [5.41, 5.74) is 6.42. The van der Waals surface area contributed by atoms with E-state index in [0.717, 1.165) is 18.6 Å². The first-order chi connectivity index (χ1) is 26.1. The topological polar surface area (TPSA) is 224 Å². The van der Waals surface area contributed by atoms with E-state index in [0.29, 0.717) is 51.3 Å². The molecule has 0 fully saturated rings. The maximum absolute atomic E-state index is 14.8. The molecule has 296 valence electrons. The zero-order valence-electron chi connectivity index (χ0n) is 31.6. The first-order valence-electron chi connectivity index (χ1n) is 18.3. The molecule has 5 rings (SSSR count). The minimum atomic E-state index is -1.98. The SMILES string of the molecule is CC[C@@]1(O)C(=O)OCc2c1cc1n(c2=O)Cc2c-1nc1cc(F)c(C)cc1c2CNC(=O)CCCCCSCNC(=O)[C@H](C)NC(=O)[C@@H](C)NC(=O)[C@H](C)N. The molecule has 0 spiro atoms. The molecule has 4 amide bonds. The third-order valence-electron chi connectivity index (χ3n) is 10.0. The monoisotopic (exact) mass is 781 g/mol. The summed E-state index contributed by atoms with van der Waals surface area (Å²) < 4.78 is 21.5. The second-order valence-electron chi connectivity index (χ2n) is 14.1. The molecule has 0 aliphatic carbocycles. The number of nitrogens with two attached hydrogens (primary N) is 1. The molecule has 0 unspecified atom stereocenters. The maximum atomic E-state index is 14.8. The number of aryl methyl sites for hydroxylation is 1. The van der Waals surface area contributed by atoms with Gasteiger partial charge in [0.2, 0.25) is 23.6 Å². The van der Waals surface area contributed by atoms with Crippen LogP contribution in [0.25, 0.3) is 22.3 Å². The number of thioether (sulfide) groups is 1. The van der Waals surface area contributed by atoms with Gasteiger partial charge in [-0.1, -0.05) is 13.3 Å². The summed E-state index contributed by atoms with van der Waals surface area (Å²) in [4.78, 5) is 80.4. The average molecular weight is 782 g/mol. The number of esters is 1. The molecule has 0 bridgehead atoms. The summed E-state index contributed by atoms with van der Waals surface area (Å²) >= 11 is 1.51. The van der Waals surface area contributed by atoms with Crippen molar-refractivity contribution in [2.75, 3.05) is 11.6 Å². The number of benzene rings is 1. The fourth-order valence-corrected chi connectivity index (χ4v) is 7.39. The van der Waals surface area contributed by atoms with Crippen molar-refractivity contribution in [1.29, 1.82) is 0 Å². The zero-order chi connectivity index (χ0) is 40.2. The van der Waals surface area contributed by atoms with Gasteiger partial charge in [-0.15, -0.1) is 11.8 Å². The van der Waals surface area contributed by atoms with Crippen molar-refractivity contribution in [3.8, 4) is 11.4 Å². The second kappa shape index (κ2) is 17.3. The van der Waals surface area contributed by atoms with Crippen molar-refractivity contribution >= 4 is 52.3 Å². The molecule has 0 saturated carbocycles. The standard InChI is InChI=1S/C38H48FN7O8S/c1-6-38(53)27-13-30-32-25(16-46(30)36(51)26(27)17-54-37(38)52)24(23-12-19(2)28(39)14-29(23)45-32)15-41-31(47)10-8-7-9-11-55-18-42-34(49)21(4)44-35(50)22(5)43-33(48)20(3)40/h12-14,20-22,53H,6-11,15-18,40H2,1-5H3,(H,41,47)(H,42,49)(H,43,48)(H,44,50)/t20-,21-,22+,38-/m0/s1. The van der Waals surface area contributed by atoms with Gasteiger partial charge in [0.1, 0.15) is 24.5 Å². The van der Waals surface area contributed by atoms with Crippen molar-refractivity contribution in [2.45, 2.75) is 110 Å². The van der Waals surface area contributed by atoms with Crippen LogP contribution in [0.15, 0.2) is 23.0 Å². The molecule has 17 heteroatoms. The van der Waals surface area contributed by atoms with E-state index in [2.05, 4.69) is 21.3 Å². The molecule has 7 N–H and O–H groups in total. The van der Waals surface area contributed by atoms with Gasteiger partial charge in [0.05, 0.1) is 40.9 Å². The Bertz CT molecular complexity index is 2090. The number of rotatable bonds is 16. The van der Waals surface area contributed by atoms with E-state index in [9.17, 15) is 38.3 Å². The number of hydrogen-bond donors (Lipinski definition) is 6. The molecule has 0 saturated heterocycles. The highest BCUT2D eigenvalue weighted by Crippen LogP contribution is 2.40. The first-order valence-corrected chi connectivity index (χ1v) is 19.5. The van der Waals surface area contributed by atoms with Gasteiger partial charge in [-0.05, 0) is 76.0 Å². The molecule has 15 nitrogen and oxygen atoms in total. The lowest BCUT2D eigenvalue weighted by Crippen LogP contribution is -2.53. The predicted molar refractivity (Wildman–Crippen MR) is 204 cm³/mol. The Kier molecular flexibility index (Phi) is 13.0. The molecule has 2 aliphatic heterocycles. The minimum Gasteiger partial charge on any atom is -0.458 e. The summed E-state index contributed by atoms with van der Waals surface area (Å²) in [5.74, 6) is -1.70. The Morgan fingerprint density at radius 1 is 1.02 bits per heavy atom. The van der Waals surface area contributed by atoms with Gasteiger partial charge in [0.15, 0.2) is 5.60 Å². The van der Waals surface area contributed by atoms with Gasteiger partial charge < -0.3 is 41.4 Å². The van der Waals surface area contributed by atoms with Crippen molar-refractivity contribution in [3.63, 3.8) is 0 Å². The summed E-state index contributed by atoms with van der Waals surface area (Å²) in [6.07, 6.45) is 2.49. The van der Waals surface area contributed by atoms with Crippen LogP contribution in [0.4, 0.5) is 4.39 Å². The van der Waals surface area contributed by atoms with E-state index in [1.807, 2.05) is 0 Å². The number of nitrogens with zero attached hydrogens (tertiary/aromatic N) is 2. The second-order valence-corrected chi connectivity index (χ2v) is 15.2. The fourth-order valence-electron chi connectivity index (χ4n) is 6.60. The summed E-state index contributed by atoms with van der Waals surface area (Å²) in [6, 6.07) is 2.20. The van der Waals surface area contributed by atoms with Crippen LogP contribution in [0.1, 0.15) is 87.6 Å². The van der Waals surface area contributed by atoms with Crippen LogP contribution in [0, 0.1) is 12.7 Å². The molecule has 55 heavy (non-hydrogen) atoms. The number of hydrogen-bond acceptors (Lipinski definition) is 11. The molecule has 2 aromatic heterocycles. The smallest absolute Gasteiger partial charge is 0.343 e. The molecule has 2 aliphatic rings. The van der Waals surface area contributed by atoms with E-state index in [4.69, 9.17) is 15.5 Å². The number of amides is 4. The highest BCUT2D eigenvalue weighted by molar-refractivity contribution is 7.99. The summed E-state index contributed by atoms with van der Waals surface area (Å²) in [5, 5.41) is 22.6. The fraction of sp³-hybridized carbons (Fsp3) is 0.500. The predicted octanol–water partition coefficient (Wildman–Crippen LogP) is 1.87. The Hall–Kier alpha value is -4.87. The Labute approximate surface area is 321 Å². The third-order valence-corrected chi connectivity index (χ3v) is 10.9. The van der Waals surface area contributed by atoms with Crippen molar-refractivity contribution in [1.82, 2.24) is 30.8 Å². The Balaban J connectivity index is 1.13. The Morgan fingerprint density at radius 3 is 2.44 bits per heavy atom. The lowest BCUT2D eigenvalue weighted by Gasteiger charge is -2.31. The van der Waals surface area contributed by atoms with Crippen LogP contribution in [0.3, 0.4) is 0 Å². The van der Waals surface area contributed by atoms with Gasteiger partial charge in [0, 0.05) is 35.5 Å². The molecule has 4 heterocycles. The van der Waals surface area contributed by atoms with Crippen LogP contribution in [-0.2, 0) is 54.0 Å². The highest BCUT2D eigenvalue weighted by atomic mass is 32.2. The van der Waals surface area contributed by atoms with Gasteiger partial charge in [0.25, 0.3) is 5.56 Å². The number of nitrogens with one attached hydrogen (secondary N) is 4. The van der Waals surface area contributed by atoms with Gasteiger partial charge in [-0.2, -0.15) is 0 Å². The van der Waals surface area contributed by atoms with Gasteiger partial charge in [-0.3, -0.25) is 24.0 Å². The van der Waals surface area contributed by atoms with Gasteiger partial charge >= 0.3 is 5.97 Å². The number of aliphatic hydroxyl groups is 1. The van der Waals surface area contributed by atoms with E-state index < -0.39 is 52.9 Å². The number of ether oxygens (including phenoxy) is 1. The van der Waals surface area contributed by atoms with Crippen LogP contribution >= 0.6 is 11.8 Å². The molecular formula is C38H48FN7O8S. The third kappa shape index (κ3) is 8.84. The number of unbranched alkanes of at least 4 members (excludes halogenated alkanes) is 2. The number of carbonyl (C=O) groups excluding carboxylic acids is 5. The van der Waals surface area contributed by atoms with Crippen molar-refractivity contribution < 1.29 is 38.2 Å². The largest absolute Gasteiger partial charge is 0.458 e. The van der Waals surface area contributed by atoms with Crippen molar-refractivity contribution in [3.05, 3.63) is 62.2 Å². The van der Waals surface area contributed by atoms with E-state index in [1.54, 1.807) is 32.9 Å². The number of pyridine rings is 2. The first kappa shape index (κ1) is 41.3. The molecule has 1 aromatic carbocycles. The van der Waals surface area contributed by atoms with Gasteiger partial charge in [-0.25, -0.2) is 14.2 Å². The normalized spacial score (nSPS) is 17.3. The van der Waals surface area contributed by atoms with Crippen molar-refractivity contribution in [2.24, 2.45) is 5.73 Å². The lowest BCUT2D eigenvalue weighted by molar-refractivity contribution is -0.172. The minimum absolute atomic E-state index is 0.000261. The average Bonchev–Trinajstić information content (AvgIpc) is 3.51. The molecule has 0 radical (unpaired) electrons. The quantitative estimate of drug-likeness (QED) is 0.0547. The molecule has 4 atom stereocenters. The molecular weight excluding hydrogens is 734 g/mol. The number of aromatic nitrogens is 2. The summed E-state index contributed by atoms with van der Waals surface area (Å²) in [6.45, 7) is 7.82. The Morgan fingerprint density at radius 2 is 1.73 bits per heavy atom. The lowest BCUT2D eigenvalue weighted by atomic mass is 9.86. The number of carbonyl (C=O) groups is 5. The molecule has 3 aromatic rings. The van der Waals surface area contributed by atoms with Crippen LogP contribution in [-0.4, -0.2) is 74.0 Å². The van der Waals surface area contributed by atoms with Crippen LogP contribution in [0.5, 0.6) is 0 Å². The zero-order valence-corrected chi connectivity index (χ0v) is 32.4. The van der Waals surface area contributed by atoms with Crippen LogP contribution < -0.4 is 32.6 Å².